The normalized spacial score (nSPS) is 10.3. The lowest BCUT2D eigenvalue weighted by Crippen LogP contribution is -1.91. The summed E-state index contributed by atoms with van der Waals surface area (Å²) in [7, 11) is 0. The predicted molar refractivity (Wildman–Crippen MR) is 69.5 cm³/mol. The zero-order chi connectivity index (χ0) is 11.7. The maximum absolute atomic E-state index is 7.21. The molecule has 1 aromatic heterocycles. The Kier molecular flexibility index (Phi) is 2.16. The lowest BCUT2D eigenvalue weighted by Gasteiger charge is -2.07. The molecule has 0 saturated carbocycles. The van der Waals surface area contributed by atoms with Crippen molar-refractivity contribution < 1.29 is 0 Å². The number of para-hydroxylation sites is 3. The molecule has 0 aliphatic heterocycles. The average molecular weight is 218 g/mol. The summed E-state index contributed by atoms with van der Waals surface area (Å²) in [5, 5.41) is 1.19. The van der Waals surface area contributed by atoms with Gasteiger partial charge >= 0.3 is 0 Å². The van der Waals surface area contributed by atoms with Crippen molar-refractivity contribution in [3.05, 3.63) is 72.2 Å². The molecule has 0 fully saturated rings. The quantitative estimate of drug-likeness (QED) is 0.542. The van der Waals surface area contributed by atoms with Crippen molar-refractivity contribution in [1.82, 2.24) is 4.57 Å². The van der Waals surface area contributed by atoms with Crippen molar-refractivity contribution >= 4 is 16.6 Å². The monoisotopic (exact) mass is 218 g/mol. The third-order valence-electron chi connectivity index (χ3n) is 2.86. The molecule has 2 nitrogen and oxygen atoms in total. The predicted octanol–water partition coefficient (Wildman–Crippen LogP) is 4.18. The molecule has 2 heteroatoms. The van der Waals surface area contributed by atoms with Gasteiger partial charge in [-0.05, 0) is 23.6 Å². The first-order valence-corrected chi connectivity index (χ1v) is 5.43. The van der Waals surface area contributed by atoms with Crippen LogP contribution in [-0.4, -0.2) is 4.57 Å². The van der Waals surface area contributed by atoms with Crippen molar-refractivity contribution in [2.24, 2.45) is 0 Å². The smallest absolute Gasteiger partial charge is 0.210 e. The van der Waals surface area contributed by atoms with Crippen molar-refractivity contribution in [2.75, 3.05) is 0 Å². The van der Waals surface area contributed by atoms with E-state index in [0.29, 0.717) is 5.69 Å². The van der Waals surface area contributed by atoms with E-state index >= 15 is 0 Å². The lowest BCUT2D eigenvalue weighted by atomic mass is 10.2. The van der Waals surface area contributed by atoms with Gasteiger partial charge in [-0.25, -0.2) is 4.85 Å². The molecule has 0 spiro atoms. The molecule has 80 valence electrons. The van der Waals surface area contributed by atoms with Gasteiger partial charge in [0.05, 0.1) is 17.8 Å². The highest BCUT2D eigenvalue weighted by atomic mass is 15.0. The van der Waals surface area contributed by atoms with Crippen LogP contribution in [0.25, 0.3) is 21.4 Å². The van der Waals surface area contributed by atoms with Crippen LogP contribution in [0, 0.1) is 6.57 Å². The molecule has 0 aliphatic rings. The van der Waals surface area contributed by atoms with Gasteiger partial charge in [0.25, 0.3) is 0 Å². The van der Waals surface area contributed by atoms with Crippen LogP contribution in [0.3, 0.4) is 0 Å². The zero-order valence-electron chi connectivity index (χ0n) is 9.17. The van der Waals surface area contributed by atoms with E-state index in [2.05, 4.69) is 27.6 Å². The molecule has 2 aromatic carbocycles. The van der Waals surface area contributed by atoms with Crippen LogP contribution in [-0.2, 0) is 0 Å². The number of hydrogen-bond acceptors (Lipinski definition) is 0. The topological polar surface area (TPSA) is 9.29 Å². The molecule has 0 aliphatic carbocycles. The Balaban J connectivity index is 2.32. The van der Waals surface area contributed by atoms with Crippen molar-refractivity contribution in [3.8, 4) is 5.69 Å². The van der Waals surface area contributed by atoms with E-state index in [1.165, 1.54) is 5.39 Å². The molecule has 0 bridgehead atoms. The summed E-state index contributed by atoms with van der Waals surface area (Å²) in [6, 6.07) is 17.9. The molecule has 3 rings (SSSR count). The highest BCUT2D eigenvalue weighted by molar-refractivity contribution is 5.83. The molecule has 0 atom stereocenters. The van der Waals surface area contributed by atoms with Gasteiger partial charge in [0.2, 0.25) is 5.69 Å². The van der Waals surface area contributed by atoms with Crippen molar-refractivity contribution in [3.63, 3.8) is 0 Å². The fraction of sp³-hybridized carbons (Fsp3) is 0. The lowest BCUT2D eigenvalue weighted by molar-refractivity contribution is 1.13. The summed E-state index contributed by atoms with van der Waals surface area (Å²) in [6.07, 6.45) is 2.01. The van der Waals surface area contributed by atoms with E-state index in [0.717, 1.165) is 11.2 Å². The van der Waals surface area contributed by atoms with Crippen LogP contribution in [0.4, 0.5) is 5.69 Å². The number of fused-ring (bicyclic) bond motifs is 1. The van der Waals surface area contributed by atoms with Crippen LogP contribution in [0.1, 0.15) is 0 Å². The highest BCUT2D eigenvalue weighted by Gasteiger charge is 2.06. The van der Waals surface area contributed by atoms with E-state index in [4.69, 9.17) is 6.57 Å². The Hall–Kier alpha value is -2.53. The van der Waals surface area contributed by atoms with Crippen LogP contribution in [0.2, 0.25) is 0 Å². The van der Waals surface area contributed by atoms with Gasteiger partial charge in [0.1, 0.15) is 0 Å². The Bertz CT molecular complexity index is 717. The van der Waals surface area contributed by atoms with Crippen LogP contribution in [0.5, 0.6) is 0 Å². The van der Waals surface area contributed by atoms with E-state index < -0.39 is 0 Å². The summed E-state index contributed by atoms with van der Waals surface area (Å²) in [5.74, 6) is 0. The summed E-state index contributed by atoms with van der Waals surface area (Å²) >= 11 is 0. The molecule has 17 heavy (non-hydrogen) atoms. The minimum atomic E-state index is 0.675. The standard InChI is InChI=1S/C15H10N2/c1-16-13-7-3-5-9-15(13)17-11-10-12-6-2-4-8-14(12)17/h2-11H. The van der Waals surface area contributed by atoms with Crippen LogP contribution >= 0.6 is 0 Å². The van der Waals surface area contributed by atoms with E-state index in [9.17, 15) is 0 Å². The first-order valence-electron chi connectivity index (χ1n) is 5.43. The molecule has 1 heterocycles. The summed E-state index contributed by atoms with van der Waals surface area (Å²) < 4.78 is 2.06. The maximum Gasteiger partial charge on any atom is 0.210 e. The number of hydrogen-bond donors (Lipinski definition) is 0. The number of rotatable bonds is 1. The molecular weight excluding hydrogens is 208 g/mol. The van der Waals surface area contributed by atoms with Crippen LogP contribution in [0.15, 0.2) is 60.8 Å². The maximum atomic E-state index is 7.21. The minimum Gasteiger partial charge on any atom is -0.326 e. The zero-order valence-corrected chi connectivity index (χ0v) is 9.17. The second-order valence-corrected chi connectivity index (χ2v) is 3.85. The van der Waals surface area contributed by atoms with Crippen LogP contribution < -0.4 is 0 Å². The van der Waals surface area contributed by atoms with Gasteiger partial charge < -0.3 is 4.57 Å². The van der Waals surface area contributed by atoms with Crippen molar-refractivity contribution in [2.45, 2.75) is 0 Å². The molecule has 0 amide bonds. The summed E-state index contributed by atoms with van der Waals surface area (Å²) in [4.78, 5) is 3.56. The summed E-state index contributed by atoms with van der Waals surface area (Å²) in [5.41, 5.74) is 2.74. The molecule has 0 radical (unpaired) electrons. The molecule has 3 aromatic rings. The fourth-order valence-corrected chi connectivity index (χ4v) is 2.06. The third kappa shape index (κ3) is 1.49. The van der Waals surface area contributed by atoms with Gasteiger partial charge in [-0.1, -0.05) is 36.4 Å². The Morgan fingerprint density at radius 1 is 0.882 bits per heavy atom. The molecular formula is C15H10N2. The van der Waals surface area contributed by atoms with E-state index in [1.54, 1.807) is 0 Å². The minimum absolute atomic E-state index is 0.675. The molecule has 0 N–H and O–H groups in total. The fourth-order valence-electron chi connectivity index (χ4n) is 2.06. The molecule has 0 unspecified atom stereocenters. The number of nitrogens with zero attached hydrogens (tertiary/aromatic N) is 2. The van der Waals surface area contributed by atoms with E-state index in [1.807, 2.05) is 42.6 Å². The van der Waals surface area contributed by atoms with E-state index in [-0.39, 0.29) is 0 Å². The summed E-state index contributed by atoms with van der Waals surface area (Å²) in [6.45, 7) is 7.21. The van der Waals surface area contributed by atoms with Gasteiger partial charge in [-0.3, -0.25) is 0 Å². The van der Waals surface area contributed by atoms with Gasteiger partial charge in [-0.15, -0.1) is 0 Å². The number of benzene rings is 2. The number of aromatic nitrogens is 1. The molecule has 0 saturated heterocycles. The Morgan fingerprint density at radius 3 is 2.53 bits per heavy atom. The first-order chi connectivity index (χ1) is 8.40. The second kappa shape index (κ2) is 3.80. The Labute approximate surface area is 99.6 Å². The largest absolute Gasteiger partial charge is 0.326 e. The Morgan fingerprint density at radius 2 is 1.65 bits per heavy atom. The van der Waals surface area contributed by atoms with Gasteiger partial charge in [0.15, 0.2) is 0 Å². The van der Waals surface area contributed by atoms with Gasteiger partial charge in [0, 0.05) is 6.20 Å². The second-order valence-electron chi connectivity index (χ2n) is 3.85. The van der Waals surface area contributed by atoms with Crippen molar-refractivity contribution in [1.29, 1.82) is 0 Å². The third-order valence-corrected chi connectivity index (χ3v) is 2.86. The highest BCUT2D eigenvalue weighted by Crippen LogP contribution is 2.27. The first kappa shape index (κ1) is 9.68. The SMILES string of the molecule is [C-]#[N+]c1ccccc1-n1ccc2ccccc21. The van der Waals surface area contributed by atoms with Gasteiger partial charge in [-0.2, -0.15) is 0 Å². The average Bonchev–Trinajstić information content (AvgIpc) is 2.82.